The van der Waals surface area contributed by atoms with Crippen molar-refractivity contribution in [3.05, 3.63) is 77.6 Å². The number of allylic oxidation sites excluding steroid dienone is 1. The molecule has 0 bridgehead atoms. The predicted molar refractivity (Wildman–Crippen MR) is 96.4 cm³/mol. The van der Waals surface area contributed by atoms with Gasteiger partial charge in [0.25, 0.3) is 5.91 Å². The van der Waals surface area contributed by atoms with Crippen LogP contribution in [0.2, 0.25) is 0 Å². The zero-order chi connectivity index (χ0) is 18.1. The van der Waals surface area contributed by atoms with Crippen LogP contribution >= 0.6 is 0 Å². The van der Waals surface area contributed by atoms with Crippen LogP contribution in [0.3, 0.4) is 0 Å². The molecule has 26 heavy (non-hydrogen) atoms. The minimum absolute atomic E-state index is 0.0157. The normalized spacial score (nSPS) is 15.5. The number of aromatic amines is 1. The highest BCUT2D eigenvalue weighted by Crippen LogP contribution is 2.29. The number of ketones is 1. The average Bonchev–Trinajstić information content (AvgIpc) is 3.18. The van der Waals surface area contributed by atoms with Gasteiger partial charge in [-0.3, -0.25) is 9.59 Å². The van der Waals surface area contributed by atoms with Crippen molar-refractivity contribution in [2.24, 2.45) is 5.73 Å². The summed E-state index contributed by atoms with van der Waals surface area (Å²) in [6, 6.07) is 12.7. The largest absolute Gasteiger partial charge is 0.436 e. The monoisotopic (exact) mass is 346 g/mol. The molecule has 7 heteroatoms. The lowest BCUT2D eigenvalue weighted by Crippen LogP contribution is -2.20. The number of aromatic nitrogens is 2. The van der Waals surface area contributed by atoms with Gasteiger partial charge in [-0.1, -0.05) is 18.2 Å². The molecule has 3 heterocycles. The van der Waals surface area contributed by atoms with Crippen LogP contribution in [0.15, 0.2) is 72.1 Å². The molecule has 1 aliphatic rings. The summed E-state index contributed by atoms with van der Waals surface area (Å²) in [5, 5.41) is 3.76. The number of anilines is 1. The number of para-hydroxylation sites is 1. The highest BCUT2D eigenvalue weighted by molar-refractivity contribution is 6.27. The summed E-state index contributed by atoms with van der Waals surface area (Å²) in [4.78, 5) is 31.6. The van der Waals surface area contributed by atoms with E-state index in [1.165, 1.54) is 0 Å². The first kappa shape index (κ1) is 15.6. The van der Waals surface area contributed by atoms with Crippen molar-refractivity contribution < 1.29 is 14.3 Å². The Hall–Kier alpha value is -3.87. The molecule has 0 fully saturated rings. The fourth-order valence-electron chi connectivity index (χ4n) is 2.73. The number of fused-ring (bicyclic) bond motifs is 1. The number of pyridine rings is 1. The van der Waals surface area contributed by atoms with Crippen molar-refractivity contribution >= 4 is 34.5 Å². The van der Waals surface area contributed by atoms with Gasteiger partial charge < -0.3 is 20.8 Å². The van der Waals surface area contributed by atoms with E-state index in [1.807, 2.05) is 24.3 Å². The van der Waals surface area contributed by atoms with E-state index in [0.29, 0.717) is 11.3 Å². The van der Waals surface area contributed by atoms with Gasteiger partial charge in [0, 0.05) is 29.0 Å². The van der Waals surface area contributed by atoms with Crippen molar-refractivity contribution in [2.45, 2.75) is 0 Å². The van der Waals surface area contributed by atoms with Crippen LogP contribution in [0.1, 0.15) is 5.56 Å². The third-order valence-corrected chi connectivity index (χ3v) is 3.94. The van der Waals surface area contributed by atoms with Crippen LogP contribution < -0.4 is 11.1 Å². The molecular formula is C19H14N4O3. The Morgan fingerprint density at radius 1 is 1.19 bits per heavy atom. The Morgan fingerprint density at radius 3 is 2.77 bits per heavy atom. The van der Waals surface area contributed by atoms with Crippen molar-refractivity contribution in [2.75, 3.05) is 5.32 Å². The van der Waals surface area contributed by atoms with Crippen LogP contribution in [0.5, 0.6) is 0 Å². The molecule has 4 N–H and O–H groups in total. The number of amides is 1. The number of ether oxygens (including phenoxy) is 1. The summed E-state index contributed by atoms with van der Waals surface area (Å²) in [6.07, 6.45) is 4.95. The molecule has 4 rings (SSSR count). The van der Waals surface area contributed by atoms with Crippen molar-refractivity contribution in [3.8, 4) is 0 Å². The smallest absolute Gasteiger partial charge is 0.258 e. The van der Waals surface area contributed by atoms with Gasteiger partial charge in [-0.05, 0) is 30.3 Å². The predicted octanol–water partition coefficient (Wildman–Crippen LogP) is 2.31. The molecule has 3 aromatic rings. The van der Waals surface area contributed by atoms with Gasteiger partial charge in [-0.25, -0.2) is 4.98 Å². The molecule has 1 aromatic carbocycles. The number of nitrogens with zero attached hydrogens (tertiary/aromatic N) is 1. The zero-order valence-corrected chi connectivity index (χ0v) is 13.5. The summed E-state index contributed by atoms with van der Waals surface area (Å²) in [7, 11) is 0. The second-order valence-electron chi connectivity index (χ2n) is 5.64. The summed E-state index contributed by atoms with van der Waals surface area (Å²) < 4.78 is 5.62. The maximum atomic E-state index is 12.6. The molecule has 1 amide bonds. The van der Waals surface area contributed by atoms with Crippen molar-refractivity contribution in [1.82, 2.24) is 9.97 Å². The summed E-state index contributed by atoms with van der Waals surface area (Å²) in [6.45, 7) is 0. The molecular weight excluding hydrogens is 332 g/mol. The average molecular weight is 346 g/mol. The molecule has 0 saturated heterocycles. The Kier molecular flexibility index (Phi) is 3.74. The van der Waals surface area contributed by atoms with Gasteiger partial charge in [0.2, 0.25) is 11.7 Å². The van der Waals surface area contributed by atoms with Crippen LogP contribution in [0, 0.1) is 0 Å². The topological polar surface area (TPSA) is 110 Å². The number of carbonyl (C=O) groups is 2. The van der Waals surface area contributed by atoms with Gasteiger partial charge in [0.1, 0.15) is 5.65 Å². The maximum Gasteiger partial charge on any atom is 0.258 e. The van der Waals surface area contributed by atoms with E-state index in [4.69, 9.17) is 10.5 Å². The number of hydrogen-bond acceptors (Lipinski definition) is 5. The van der Waals surface area contributed by atoms with E-state index in [1.54, 1.807) is 36.7 Å². The summed E-state index contributed by atoms with van der Waals surface area (Å²) in [5.74, 6) is -1.37. The number of Topliss-reactive ketones (excluding diaryl/α,β-unsaturated/α-hetero) is 1. The lowest BCUT2D eigenvalue weighted by molar-refractivity contribution is -0.119. The lowest BCUT2D eigenvalue weighted by Gasteiger charge is -2.07. The zero-order valence-electron chi connectivity index (χ0n) is 13.5. The minimum atomic E-state index is -0.850. The Morgan fingerprint density at radius 2 is 2.00 bits per heavy atom. The standard InChI is InChI=1S/C19H14N4O3/c20-17(25)15-16(24)14(26-19(15)23-12-5-2-1-3-6-12)9-11-10-22-18-13(11)7-4-8-21-18/h1-10,23H,(H2,20,25)(H,21,22)/b14-9-. The highest BCUT2D eigenvalue weighted by atomic mass is 16.5. The van der Waals surface area contributed by atoms with Gasteiger partial charge in [-0.2, -0.15) is 0 Å². The molecule has 0 aliphatic carbocycles. The summed E-state index contributed by atoms with van der Waals surface area (Å²) >= 11 is 0. The second-order valence-corrected chi connectivity index (χ2v) is 5.64. The quantitative estimate of drug-likeness (QED) is 0.496. The van der Waals surface area contributed by atoms with E-state index in [0.717, 1.165) is 10.9 Å². The molecule has 0 atom stereocenters. The maximum absolute atomic E-state index is 12.6. The van der Waals surface area contributed by atoms with Crippen molar-refractivity contribution in [1.29, 1.82) is 0 Å². The summed E-state index contributed by atoms with van der Waals surface area (Å²) in [5.41, 5.74) is 7.25. The molecule has 7 nitrogen and oxygen atoms in total. The van der Waals surface area contributed by atoms with E-state index in [9.17, 15) is 9.59 Å². The number of H-pyrrole nitrogens is 1. The first-order valence-electron chi connectivity index (χ1n) is 7.86. The fraction of sp³-hybridized carbons (Fsp3) is 0. The number of carbonyl (C=O) groups excluding carboxylic acids is 2. The van der Waals surface area contributed by atoms with E-state index in [2.05, 4.69) is 15.3 Å². The van der Waals surface area contributed by atoms with Crippen molar-refractivity contribution in [3.63, 3.8) is 0 Å². The molecule has 0 radical (unpaired) electrons. The SMILES string of the molecule is NC(=O)C1=C(Nc2ccccc2)O/C(=C\c2c[nH]c3ncccc23)C1=O. The molecule has 0 unspecified atom stereocenters. The third kappa shape index (κ3) is 2.71. The number of nitrogens with one attached hydrogen (secondary N) is 2. The molecule has 1 aliphatic heterocycles. The third-order valence-electron chi connectivity index (χ3n) is 3.94. The number of primary amides is 1. The van der Waals surface area contributed by atoms with E-state index >= 15 is 0 Å². The Bertz CT molecular complexity index is 1080. The Balaban J connectivity index is 1.70. The van der Waals surface area contributed by atoms with Crippen LogP contribution in [-0.2, 0) is 14.3 Å². The van der Waals surface area contributed by atoms with Gasteiger partial charge in [-0.15, -0.1) is 0 Å². The van der Waals surface area contributed by atoms with Crippen LogP contribution in [0.4, 0.5) is 5.69 Å². The fourth-order valence-corrected chi connectivity index (χ4v) is 2.73. The number of hydrogen-bond donors (Lipinski definition) is 3. The number of rotatable bonds is 4. The molecule has 0 spiro atoms. The molecule has 0 saturated carbocycles. The van der Waals surface area contributed by atoms with Crippen LogP contribution in [0.25, 0.3) is 17.1 Å². The lowest BCUT2D eigenvalue weighted by atomic mass is 10.1. The van der Waals surface area contributed by atoms with E-state index in [-0.39, 0.29) is 17.2 Å². The highest BCUT2D eigenvalue weighted by Gasteiger charge is 2.34. The Labute approximate surface area is 148 Å². The number of benzene rings is 1. The van der Waals surface area contributed by atoms with Gasteiger partial charge in [0.15, 0.2) is 11.3 Å². The van der Waals surface area contributed by atoms with Gasteiger partial charge >= 0.3 is 0 Å². The first-order chi connectivity index (χ1) is 12.6. The van der Waals surface area contributed by atoms with Crippen LogP contribution in [-0.4, -0.2) is 21.7 Å². The molecule has 2 aromatic heterocycles. The number of nitrogens with two attached hydrogens (primary N) is 1. The second kappa shape index (κ2) is 6.21. The minimum Gasteiger partial charge on any atom is -0.436 e. The molecule has 128 valence electrons. The first-order valence-corrected chi connectivity index (χ1v) is 7.86. The van der Waals surface area contributed by atoms with Gasteiger partial charge in [0.05, 0.1) is 0 Å². The van der Waals surface area contributed by atoms with E-state index < -0.39 is 11.7 Å².